The lowest BCUT2D eigenvalue weighted by atomic mass is 10.0. The molecular weight excluding hydrogens is 363 g/mol. The van der Waals surface area contributed by atoms with Gasteiger partial charge in [0, 0.05) is 11.1 Å². The van der Waals surface area contributed by atoms with Crippen LogP contribution in [0.25, 0.3) is 22.5 Å². The van der Waals surface area contributed by atoms with E-state index in [1.807, 2.05) is 0 Å². The highest BCUT2D eigenvalue weighted by atomic mass is 19.1. The lowest BCUT2D eigenvalue weighted by molar-refractivity contribution is 0.432. The molecular formula is C25H29FN2O. The van der Waals surface area contributed by atoms with Crippen LogP contribution in [0.15, 0.2) is 54.9 Å². The summed E-state index contributed by atoms with van der Waals surface area (Å²) in [6, 6.07) is 12.7. The topological polar surface area (TPSA) is 46.0 Å². The zero-order chi connectivity index (χ0) is 20.5. The zero-order valence-corrected chi connectivity index (χ0v) is 17.1. The maximum Gasteiger partial charge on any atom is 0.165 e. The average Bonchev–Trinajstić information content (AvgIpc) is 2.76. The predicted octanol–water partition coefficient (Wildman–Crippen LogP) is 6.95. The largest absolute Gasteiger partial charge is 0.505 e. The second-order valence-corrected chi connectivity index (χ2v) is 7.52. The number of hydrogen-bond acceptors (Lipinski definition) is 3. The summed E-state index contributed by atoms with van der Waals surface area (Å²) in [5.41, 5.74) is 4.32. The third-order valence-electron chi connectivity index (χ3n) is 5.21. The minimum Gasteiger partial charge on any atom is -0.505 e. The molecule has 0 radical (unpaired) electrons. The highest BCUT2D eigenvalue weighted by molar-refractivity contribution is 5.63. The molecule has 0 spiro atoms. The molecule has 2 aromatic carbocycles. The summed E-state index contributed by atoms with van der Waals surface area (Å²) in [6.45, 7) is 2.25. The van der Waals surface area contributed by atoms with Crippen LogP contribution in [-0.2, 0) is 6.42 Å². The monoisotopic (exact) mass is 392 g/mol. The van der Waals surface area contributed by atoms with Gasteiger partial charge in [-0.2, -0.15) is 0 Å². The number of aryl methyl sites for hydroxylation is 1. The average molecular weight is 393 g/mol. The van der Waals surface area contributed by atoms with Crippen molar-refractivity contribution in [2.24, 2.45) is 0 Å². The summed E-state index contributed by atoms with van der Waals surface area (Å²) in [5.74, 6) is -1.03. The third-order valence-corrected chi connectivity index (χ3v) is 5.21. The Balaban J connectivity index is 1.53. The molecule has 0 amide bonds. The van der Waals surface area contributed by atoms with Crippen LogP contribution in [0.1, 0.15) is 57.4 Å². The molecule has 0 aliphatic rings. The van der Waals surface area contributed by atoms with Crippen LogP contribution in [0, 0.1) is 5.82 Å². The SMILES string of the molecule is CCCCCCCCCc1ccc(-c2cnc(-c3ccc(O)c(F)c3)cn2)cc1. The van der Waals surface area contributed by atoms with Crippen LogP contribution in [-0.4, -0.2) is 15.1 Å². The first-order chi connectivity index (χ1) is 14.2. The summed E-state index contributed by atoms with van der Waals surface area (Å²) in [7, 11) is 0. The number of benzene rings is 2. The molecule has 29 heavy (non-hydrogen) atoms. The number of hydrogen-bond donors (Lipinski definition) is 1. The third kappa shape index (κ3) is 6.11. The summed E-state index contributed by atoms with van der Waals surface area (Å²) in [6.07, 6.45) is 13.7. The highest BCUT2D eigenvalue weighted by Crippen LogP contribution is 2.24. The molecule has 0 unspecified atom stereocenters. The summed E-state index contributed by atoms with van der Waals surface area (Å²) in [4.78, 5) is 8.87. The van der Waals surface area contributed by atoms with Crippen LogP contribution < -0.4 is 0 Å². The lowest BCUT2D eigenvalue weighted by Gasteiger charge is -2.06. The van der Waals surface area contributed by atoms with Crippen molar-refractivity contribution in [1.82, 2.24) is 9.97 Å². The molecule has 1 heterocycles. The van der Waals surface area contributed by atoms with Crippen molar-refractivity contribution >= 4 is 0 Å². The van der Waals surface area contributed by atoms with Gasteiger partial charge in [-0.15, -0.1) is 0 Å². The molecule has 3 nitrogen and oxygen atoms in total. The van der Waals surface area contributed by atoms with Gasteiger partial charge >= 0.3 is 0 Å². The smallest absolute Gasteiger partial charge is 0.165 e. The van der Waals surface area contributed by atoms with Crippen molar-refractivity contribution in [3.8, 4) is 28.3 Å². The fraction of sp³-hybridized carbons (Fsp3) is 0.360. The number of phenolic OH excluding ortho intramolecular Hbond substituents is 1. The van der Waals surface area contributed by atoms with Crippen LogP contribution >= 0.6 is 0 Å². The van der Waals surface area contributed by atoms with E-state index >= 15 is 0 Å². The fourth-order valence-corrected chi connectivity index (χ4v) is 3.42. The minimum absolute atomic E-state index is 0.366. The lowest BCUT2D eigenvalue weighted by Crippen LogP contribution is -1.91. The van der Waals surface area contributed by atoms with E-state index in [0.717, 1.165) is 17.7 Å². The van der Waals surface area contributed by atoms with Gasteiger partial charge in [-0.3, -0.25) is 9.97 Å². The predicted molar refractivity (Wildman–Crippen MR) is 116 cm³/mol. The van der Waals surface area contributed by atoms with Crippen LogP contribution in [0.3, 0.4) is 0 Å². The Morgan fingerprint density at radius 2 is 1.34 bits per heavy atom. The van der Waals surface area contributed by atoms with Gasteiger partial charge in [0.05, 0.1) is 23.8 Å². The van der Waals surface area contributed by atoms with E-state index in [4.69, 9.17) is 0 Å². The number of rotatable bonds is 10. The Labute approximate surface area is 172 Å². The molecule has 4 heteroatoms. The van der Waals surface area contributed by atoms with Gasteiger partial charge in [0.15, 0.2) is 11.6 Å². The Bertz CT molecular complexity index is 892. The molecule has 1 aromatic heterocycles. The number of halogens is 1. The van der Waals surface area contributed by atoms with E-state index < -0.39 is 5.82 Å². The number of aromatic nitrogens is 2. The van der Waals surface area contributed by atoms with Crippen LogP contribution in [0.2, 0.25) is 0 Å². The first-order valence-electron chi connectivity index (χ1n) is 10.6. The van der Waals surface area contributed by atoms with E-state index in [1.54, 1.807) is 18.5 Å². The fourth-order valence-electron chi connectivity index (χ4n) is 3.42. The second-order valence-electron chi connectivity index (χ2n) is 7.52. The molecule has 0 aliphatic heterocycles. The molecule has 0 atom stereocenters. The Morgan fingerprint density at radius 1 is 0.759 bits per heavy atom. The maximum absolute atomic E-state index is 13.5. The Hall–Kier alpha value is -2.75. The number of nitrogens with zero attached hydrogens (tertiary/aromatic N) is 2. The first kappa shape index (κ1) is 21.0. The van der Waals surface area contributed by atoms with Gasteiger partial charge in [0.2, 0.25) is 0 Å². The standard InChI is InChI=1S/C25H29FN2O/c1-2-3-4-5-6-7-8-9-19-10-12-20(13-11-19)23-17-28-24(18-27-23)21-14-15-25(29)22(26)16-21/h10-18,29H,2-9H2,1H3. The van der Waals surface area contributed by atoms with Crippen molar-refractivity contribution < 1.29 is 9.50 Å². The second kappa shape index (κ2) is 10.7. The van der Waals surface area contributed by atoms with E-state index in [2.05, 4.69) is 41.2 Å². The van der Waals surface area contributed by atoms with Crippen molar-refractivity contribution in [2.75, 3.05) is 0 Å². The number of unbranched alkanes of at least 4 members (excludes halogenated alkanes) is 6. The molecule has 3 rings (SSSR count). The summed E-state index contributed by atoms with van der Waals surface area (Å²) < 4.78 is 13.5. The van der Waals surface area contributed by atoms with Gasteiger partial charge in [-0.05, 0) is 36.6 Å². The van der Waals surface area contributed by atoms with E-state index in [1.165, 1.54) is 62.6 Å². The molecule has 0 aliphatic carbocycles. The van der Waals surface area contributed by atoms with Gasteiger partial charge in [-0.25, -0.2) is 4.39 Å². The Morgan fingerprint density at radius 3 is 1.97 bits per heavy atom. The summed E-state index contributed by atoms with van der Waals surface area (Å²) >= 11 is 0. The molecule has 0 saturated heterocycles. The quantitative estimate of drug-likeness (QED) is 0.380. The number of phenols is 1. The van der Waals surface area contributed by atoms with Crippen LogP contribution in [0.4, 0.5) is 4.39 Å². The van der Waals surface area contributed by atoms with E-state index in [0.29, 0.717) is 11.3 Å². The van der Waals surface area contributed by atoms with Crippen LogP contribution in [0.5, 0.6) is 5.75 Å². The van der Waals surface area contributed by atoms with Crippen molar-refractivity contribution in [1.29, 1.82) is 0 Å². The van der Waals surface area contributed by atoms with E-state index in [-0.39, 0.29) is 5.75 Å². The highest BCUT2D eigenvalue weighted by Gasteiger charge is 2.07. The molecule has 0 bridgehead atoms. The van der Waals surface area contributed by atoms with Crippen molar-refractivity contribution in [3.63, 3.8) is 0 Å². The van der Waals surface area contributed by atoms with Crippen molar-refractivity contribution in [3.05, 3.63) is 66.2 Å². The van der Waals surface area contributed by atoms with Crippen molar-refractivity contribution in [2.45, 2.75) is 58.3 Å². The van der Waals surface area contributed by atoms with E-state index in [9.17, 15) is 9.50 Å². The maximum atomic E-state index is 13.5. The van der Waals surface area contributed by atoms with Gasteiger partial charge in [-0.1, -0.05) is 69.7 Å². The Kier molecular flexibility index (Phi) is 7.74. The molecule has 1 N–H and O–H groups in total. The number of aromatic hydroxyl groups is 1. The zero-order valence-electron chi connectivity index (χ0n) is 17.1. The summed E-state index contributed by atoms with van der Waals surface area (Å²) in [5, 5.41) is 9.31. The van der Waals surface area contributed by atoms with Gasteiger partial charge in [0.1, 0.15) is 0 Å². The normalized spacial score (nSPS) is 11.0. The van der Waals surface area contributed by atoms with Gasteiger partial charge < -0.3 is 5.11 Å². The molecule has 0 saturated carbocycles. The molecule has 3 aromatic rings. The molecule has 0 fully saturated rings. The van der Waals surface area contributed by atoms with Gasteiger partial charge in [0.25, 0.3) is 0 Å². The first-order valence-corrected chi connectivity index (χ1v) is 10.6. The molecule has 152 valence electrons. The minimum atomic E-state index is -0.662.